The Hall–Kier alpha value is -1.59. The lowest BCUT2D eigenvalue weighted by atomic mass is 10.2. The van der Waals surface area contributed by atoms with E-state index in [0.29, 0.717) is 39.7 Å². The number of anilines is 1. The van der Waals surface area contributed by atoms with Crippen molar-refractivity contribution in [2.24, 2.45) is 0 Å². The molecular formula is C21H17BrCl3NO2. The van der Waals surface area contributed by atoms with E-state index in [2.05, 4.69) is 21.2 Å². The summed E-state index contributed by atoms with van der Waals surface area (Å²) in [5.41, 5.74) is 2.92. The molecule has 0 amide bonds. The minimum Gasteiger partial charge on any atom is -0.493 e. The quantitative estimate of drug-likeness (QED) is 0.361. The van der Waals surface area contributed by atoms with Crippen molar-refractivity contribution < 1.29 is 9.47 Å². The molecule has 0 fully saturated rings. The summed E-state index contributed by atoms with van der Waals surface area (Å²) in [6.45, 7) is 0.997. The molecule has 0 aliphatic carbocycles. The Morgan fingerprint density at radius 2 is 1.64 bits per heavy atom. The smallest absolute Gasteiger partial charge is 0.175 e. The Labute approximate surface area is 187 Å². The van der Waals surface area contributed by atoms with Crippen molar-refractivity contribution in [3.8, 4) is 11.5 Å². The first kappa shape index (κ1) is 21.1. The minimum absolute atomic E-state index is 0.410. The zero-order valence-corrected chi connectivity index (χ0v) is 18.8. The number of hydrogen-bond acceptors (Lipinski definition) is 3. The summed E-state index contributed by atoms with van der Waals surface area (Å²) in [5.74, 6) is 1.30. The summed E-state index contributed by atoms with van der Waals surface area (Å²) >= 11 is 21.5. The number of methoxy groups -OCH3 is 1. The van der Waals surface area contributed by atoms with Gasteiger partial charge in [-0.2, -0.15) is 0 Å². The Kier molecular flexibility index (Phi) is 7.36. The van der Waals surface area contributed by atoms with Crippen LogP contribution < -0.4 is 14.8 Å². The molecule has 0 unspecified atom stereocenters. The number of rotatable bonds is 7. The fourth-order valence-electron chi connectivity index (χ4n) is 2.56. The Balaban J connectivity index is 1.71. The van der Waals surface area contributed by atoms with Gasteiger partial charge in [0, 0.05) is 17.3 Å². The second-order valence-electron chi connectivity index (χ2n) is 6.01. The highest BCUT2D eigenvalue weighted by molar-refractivity contribution is 9.10. The van der Waals surface area contributed by atoms with Crippen LogP contribution in [0.3, 0.4) is 0 Å². The summed E-state index contributed by atoms with van der Waals surface area (Å²) in [4.78, 5) is 0. The summed E-state index contributed by atoms with van der Waals surface area (Å²) in [6.07, 6.45) is 0. The molecule has 0 saturated heterocycles. The number of hydrogen-bond donors (Lipinski definition) is 1. The van der Waals surface area contributed by atoms with Crippen LogP contribution in [0, 0.1) is 0 Å². The summed E-state index contributed by atoms with van der Waals surface area (Å²) in [5, 5.41) is 5.05. The Morgan fingerprint density at radius 1 is 0.893 bits per heavy atom. The molecule has 0 atom stereocenters. The van der Waals surface area contributed by atoms with Crippen molar-refractivity contribution in [2.45, 2.75) is 13.2 Å². The van der Waals surface area contributed by atoms with Gasteiger partial charge < -0.3 is 14.8 Å². The molecule has 0 heterocycles. The zero-order chi connectivity index (χ0) is 20.1. The Bertz CT molecular complexity index is 965. The molecule has 0 saturated carbocycles. The number of halogens is 4. The van der Waals surface area contributed by atoms with Crippen LogP contribution in [0.2, 0.25) is 15.1 Å². The maximum Gasteiger partial charge on any atom is 0.175 e. The van der Waals surface area contributed by atoms with Crippen molar-refractivity contribution in [3.05, 3.63) is 85.3 Å². The maximum atomic E-state index is 6.06. The zero-order valence-electron chi connectivity index (χ0n) is 14.9. The Morgan fingerprint density at radius 3 is 2.32 bits per heavy atom. The second-order valence-corrected chi connectivity index (χ2v) is 8.11. The van der Waals surface area contributed by atoms with Crippen LogP contribution in [0.1, 0.15) is 11.1 Å². The summed E-state index contributed by atoms with van der Waals surface area (Å²) in [7, 11) is 1.62. The predicted octanol–water partition coefficient (Wildman–Crippen LogP) is 7.61. The topological polar surface area (TPSA) is 30.5 Å². The van der Waals surface area contributed by atoms with Gasteiger partial charge in [-0.25, -0.2) is 0 Å². The van der Waals surface area contributed by atoms with Crippen molar-refractivity contribution in [1.82, 2.24) is 0 Å². The van der Waals surface area contributed by atoms with Gasteiger partial charge in [0.2, 0.25) is 0 Å². The van der Waals surface area contributed by atoms with E-state index < -0.39 is 0 Å². The third-order valence-corrected chi connectivity index (χ3v) is 5.58. The van der Waals surface area contributed by atoms with Gasteiger partial charge >= 0.3 is 0 Å². The molecule has 3 aromatic carbocycles. The van der Waals surface area contributed by atoms with Gasteiger partial charge in [0.15, 0.2) is 11.5 Å². The molecule has 7 heteroatoms. The van der Waals surface area contributed by atoms with Gasteiger partial charge in [0.25, 0.3) is 0 Å². The van der Waals surface area contributed by atoms with E-state index in [4.69, 9.17) is 44.3 Å². The molecule has 3 rings (SSSR count). The third kappa shape index (κ3) is 5.48. The molecule has 0 radical (unpaired) electrons. The van der Waals surface area contributed by atoms with Crippen LogP contribution in [0.25, 0.3) is 0 Å². The van der Waals surface area contributed by atoms with E-state index in [0.717, 1.165) is 21.3 Å². The second kappa shape index (κ2) is 9.75. The van der Waals surface area contributed by atoms with Crippen molar-refractivity contribution in [1.29, 1.82) is 0 Å². The van der Waals surface area contributed by atoms with E-state index in [9.17, 15) is 0 Å². The van der Waals surface area contributed by atoms with Gasteiger partial charge in [0.1, 0.15) is 6.61 Å². The van der Waals surface area contributed by atoms with Crippen LogP contribution in [-0.4, -0.2) is 7.11 Å². The molecule has 0 aliphatic rings. The van der Waals surface area contributed by atoms with Crippen LogP contribution in [0.15, 0.2) is 59.1 Å². The molecule has 28 heavy (non-hydrogen) atoms. The average molecular weight is 502 g/mol. The monoisotopic (exact) mass is 499 g/mol. The average Bonchev–Trinajstić information content (AvgIpc) is 2.69. The van der Waals surface area contributed by atoms with Gasteiger partial charge in [-0.15, -0.1) is 0 Å². The first-order valence-electron chi connectivity index (χ1n) is 8.39. The summed E-state index contributed by atoms with van der Waals surface area (Å²) in [6, 6.07) is 16.9. The highest BCUT2D eigenvalue weighted by atomic mass is 79.9. The molecule has 0 aliphatic heterocycles. The molecule has 3 nitrogen and oxygen atoms in total. The lowest BCUT2D eigenvalue weighted by Gasteiger charge is -2.15. The molecule has 0 spiro atoms. The van der Waals surface area contributed by atoms with Crippen molar-refractivity contribution >= 4 is 56.4 Å². The lowest BCUT2D eigenvalue weighted by Crippen LogP contribution is -2.03. The highest BCUT2D eigenvalue weighted by Gasteiger charge is 2.12. The number of benzene rings is 3. The van der Waals surface area contributed by atoms with E-state index in [-0.39, 0.29) is 0 Å². The molecular weight excluding hydrogens is 484 g/mol. The highest BCUT2D eigenvalue weighted by Crippen LogP contribution is 2.37. The normalized spacial score (nSPS) is 10.6. The first-order valence-corrected chi connectivity index (χ1v) is 10.3. The van der Waals surface area contributed by atoms with Gasteiger partial charge in [-0.3, -0.25) is 0 Å². The van der Waals surface area contributed by atoms with E-state index in [1.165, 1.54) is 0 Å². The molecule has 0 bridgehead atoms. The van der Waals surface area contributed by atoms with E-state index in [1.54, 1.807) is 19.2 Å². The van der Waals surface area contributed by atoms with Crippen LogP contribution in [-0.2, 0) is 13.2 Å². The van der Waals surface area contributed by atoms with Gasteiger partial charge in [0.05, 0.1) is 21.6 Å². The lowest BCUT2D eigenvalue weighted by molar-refractivity contribution is 0.282. The molecule has 146 valence electrons. The summed E-state index contributed by atoms with van der Waals surface area (Å²) < 4.78 is 12.3. The number of nitrogens with one attached hydrogen (secondary N) is 1. The predicted molar refractivity (Wildman–Crippen MR) is 120 cm³/mol. The molecule has 3 aromatic rings. The van der Waals surface area contributed by atoms with E-state index in [1.807, 2.05) is 42.5 Å². The fraction of sp³-hybridized carbons (Fsp3) is 0.143. The number of ether oxygens (including phenoxy) is 2. The SMILES string of the molecule is COc1cc(CNc2ccc(Cl)c(Cl)c2)cc(Br)c1OCc1ccc(Cl)cc1. The minimum atomic E-state index is 0.410. The largest absolute Gasteiger partial charge is 0.493 e. The first-order chi connectivity index (χ1) is 13.5. The molecule has 0 aromatic heterocycles. The molecule has 1 N–H and O–H groups in total. The standard InChI is InChI=1S/C21H17BrCl3NO2/c1-27-20-9-14(11-26-16-6-7-18(24)19(25)10-16)8-17(22)21(20)28-12-13-2-4-15(23)5-3-13/h2-10,26H,11-12H2,1H3. The van der Waals surface area contributed by atoms with Crippen LogP contribution in [0.5, 0.6) is 11.5 Å². The van der Waals surface area contributed by atoms with Crippen LogP contribution >= 0.6 is 50.7 Å². The van der Waals surface area contributed by atoms with Gasteiger partial charge in [-0.05, 0) is 69.5 Å². The van der Waals surface area contributed by atoms with Gasteiger partial charge in [-0.1, -0.05) is 46.9 Å². The van der Waals surface area contributed by atoms with Crippen LogP contribution in [0.4, 0.5) is 5.69 Å². The fourth-order valence-corrected chi connectivity index (χ4v) is 3.59. The third-order valence-electron chi connectivity index (χ3n) is 4.00. The van der Waals surface area contributed by atoms with E-state index >= 15 is 0 Å². The van der Waals surface area contributed by atoms with Crippen molar-refractivity contribution in [2.75, 3.05) is 12.4 Å². The van der Waals surface area contributed by atoms with Crippen molar-refractivity contribution in [3.63, 3.8) is 0 Å². The maximum absolute atomic E-state index is 6.06.